The lowest BCUT2D eigenvalue weighted by molar-refractivity contribution is 0.0527. The van der Waals surface area contributed by atoms with Crippen LogP contribution in [0.2, 0.25) is 0 Å². The zero-order valence-electron chi connectivity index (χ0n) is 19.7. The van der Waals surface area contributed by atoms with Crippen LogP contribution in [0.3, 0.4) is 0 Å². The summed E-state index contributed by atoms with van der Waals surface area (Å²) in [7, 11) is 0. The predicted octanol–water partition coefficient (Wildman–Crippen LogP) is 4.68. The van der Waals surface area contributed by atoms with E-state index in [1.54, 1.807) is 31.4 Å². The van der Waals surface area contributed by atoms with Gasteiger partial charge in [0.25, 0.3) is 5.91 Å². The second-order valence-corrected chi connectivity index (χ2v) is 8.62. The Morgan fingerprint density at radius 2 is 1.69 bits per heavy atom. The van der Waals surface area contributed by atoms with Crippen LogP contribution in [0, 0.1) is 13.8 Å². The number of aryl methyl sites for hydroxylation is 1. The van der Waals surface area contributed by atoms with E-state index in [0.717, 1.165) is 28.3 Å². The third-order valence-electron chi connectivity index (χ3n) is 5.22. The highest BCUT2D eigenvalue weighted by atomic mass is 32.1. The fourth-order valence-electron chi connectivity index (χ4n) is 3.60. The summed E-state index contributed by atoms with van der Waals surface area (Å²) in [5.41, 5.74) is 3.65. The standard InChI is InChI=1S/C25H24N4O5S/c1-5-33-24(31)20-15(4)21(25(32)34-6-2)35-23(20)27-22(30)18-13-19-26-17(12-14(3)29(19)28-18)16-10-8-7-9-11-16/h7-13H,5-6H2,1-4H3,(H,27,30). The minimum absolute atomic E-state index is 0.115. The van der Waals surface area contributed by atoms with Crippen molar-refractivity contribution in [1.82, 2.24) is 14.6 Å². The maximum absolute atomic E-state index is 13.1. The molecule has 0 aliphatic heterocycles. The van der Waals surface area contributed by atoms with Gasteiger partial charge < -0.3 is 14.8 Å². The molecular weight excluding hydrogens is 468 g/mol. The molecular formula is C25H24N4O5S. The van der Waals surface area contributed by atoms with Crippen molar-refractivity contribution < 1.29 is 23.9 Å². The molecule has 3 aromatic heterocycles. The Labute approximate surface area is 205 Å². The van der Waals surface area contributed by atoms with Gasteiger partial charge >= 0.3 is 11.9 Å². The number of anilines is 1. The molecule has 1 aromatic carbocycles. The molecule has 1 N–H and O–H groups in total. The first-order valence-corrected chi connectivity index (χ1v) is 11.9. The number of benzene rings is 1. The van der Waals surface area contributed by atoms with Crippen LogP contribution in [0.25, 0.3) is 16.9 Å². The van der Waals surface area contributed by atoms with Crippen molar-refractivity contribution in [3.63, 3.8) is 0 Å². The van der Waals surface area contributed by atoms with Crippen LogP contribution in [0.15, 0.2) is 42.5 Å². The second kappa shape index (κ2) is 10.1. The number of amides is 1. The van der Waals surface area contributed by atoms with Gasteiger partial charge in [-0.25, -0.2) is 19.1 Å². The van der Waals surface area contributed by atoms with Crippen molar-refractivity contribution in [2.75, 3.05) is 18.5 Å². The average molecular weight is 493 g/mol. The number of carbonyl (C=O) groups excluding carboxylic acids is 3. The number of hydrogen-bond donors (Lipinski definition) is 1. The van der Waals surface area contributed by atoms with Crippen LogP contribution < -0.4 is 5.32 Å². The van der Waals surface area contributed by atoms with E-state index in [9.17, 15) is 14.4 Å². The summed E-state index contributed by atoms with van der Waals surface area (Å²) in [6.45, 7) is 7.21. The van der Waals surface area contributed by atoms with Crippen LogP contribution in [0.5, 0.6) is 0 Å². The number of carbonyl (C=O) groups is 3. The Hall–Kier alpha value is -4.05. The van der Waals surface area contributed by atoms with E-state index < -0.39 is 17.8 Å². The number of nitrogens with one attached hydrogen (secondary N) is 1. The van der Waals surface area contributed by atoms with E-state index in [2.05, 4.69) is 15.4 Å². The van der Waals surface area contributed by atoms with Gasteiger partial charge in [0.1, 0.15) is 9.88 Å². The largest absolute Gasteiger partial charge is 0.462 e. The zero-order valence-corrected chi connectivity index (χ0v) is 20.6. The summed E-state index contributed by atoms with van der Waals surface area (Å²) in [4.78, 5) is 43.0. The Bertz CT molecular complexity index is 1420. The molecule has 0 spiro atoms. The number of fused-ring (bicyclic) bond motifs is 1. The molecule has 0 aliphatic rings. The van der Waals surface area contributed by atoms with Crippen molar-refractivity contribution in [3.05, 3.63) is 69.9 Å². The van der Waals surface area contributed by atoms with E-state index in [1.807, 2.05) is 43.3 Å². The SMILES string of the molecule is CCOC(=O)c1sc(NC(=O)c2cc3nc(-c4ccccc4)cc(C)n3n2)c(C(=O)OCC)c1C. The lowest BCUT2D eigenvalue weighted by atomic mass is 10.1. The Morgan fingerprint density at radius 1 is 1.00 bits per heavy atom. The maximum Gasteiger partial charge on any atom is 0.348 e. The number of ether oxygens (including phenoxy) is 2. The molecule has 35 heavy (non-hydrogen) atoms. The Balaban J connectivity index is 1.69. The fraction of sp³-hybridized carbons (Fsp3) is 0.240. The van der Waals surface area contributed by atoms with Crippen molar-refractivity contribution in [2.24, 2.45) is 0 Å². The van der Waals surface area contributed by atoms with Gasteiger partial charge in [0.2, 0.25) is 0 Å². The van der Waals surface area contributed by atoms with Crippen molar-refractivity contribution in [2.45, 2.75) is 27.7 Å². The van der Waals surface area contributed by atoms with Crippen molar-refractivity contribution in [3.8, 4) is 11.3 Å². The number of aromatic nitrogens is 3. The predicted molar refractivity (Wildman–Crippen MR) is 132 cm³/mol. The van der Waals surface area contributed by atoms with E-state index in [1.165, 1.54) is 0 Å². The van der Waals surface area contributed by atoms with Crippen LogP contribution in [0.4, 0.5) is 5.00 Å². The molecule has 3 heterocycles. The summed E-state index contributed by atoms with van der Waals surface area (Å²) >= 11 is 0.964. The highest BCUT2D eigenvalue weighted by Gasteiger charge is 2.28. The number of nitrogens with zero attached hydrogens (tertiary/aromatic N) is 3. The van der Waals surface area contributed by atoms with E-state index in [-0.39, 0.29) is 34.3 Å². The van der Waals surface area contributed by atoms with Crippen LogP contribution in [-0.4, -0.2) is 45.7 Å². The first kappa shape index (κ1) is 24.1. The summed E-state index contributed by atoms with van der Waals surface area (Å²) in [5.74, 6) is -1.74. The molecule has 9 nitrogen and oxygen atoms in total. The molecule has 0 saturated heterocycles. The van der Waals surface area contributed by atoms with Gasteiger partial charge in [-0.2, -0.15) is 5.10 Å². The topological polar surface area (TPSA) is 112 Å². The fourth-order valence-corrected chi connectivity index (χ4v) is 4.69. The number of rotatable bonds is 7. The molecule has 0 radical (unpaired) electrons. The van der Waals surface area contributed by atoms with Crippen LogP contribution in [0.1, 0.15) is 55.6 Å². The quantitative estimate of drug-likeness (QED) is 0.373. The van der Waals surface area contributed by atoms with Crippen LogP contribution >= 0.6 is 11.3 Å². The lowest BCUT2D eigenvalue weighted by Gasteiger charge is -2.06. The van der Waals surface area contributed by atoms with Gasteiger partial charge in [0.05, 0.1) is 24.5 Å². The van der Waals surface area contributed by atoms with E-state index >= 15 is 0 Å². The summed E-state index contributed by atoms with van der Waals surface area (Å²) in [6, 6.07) is 13.2. The first-order chi connectivity index (χ1) is 16.8. The van der Waals surface area contributed by atoms with Gasteiger partial charge in [-0.3, -0.25) is 4.79 Å². The molecule has 4 rings (SSSR count). The van der Waals surface area contributed by atoms with Gasteiger partial charge in [0, 0.05) is 17.3 Å². The third kappa shape index (κ3) is 4.78. The Morgan fingerprint density at radius 3 is 2.37 bits per heavy atom. The van der Waals surface area contributed by atoms with E-state index in [4.69, 9.17) is 9.47 Å². The maximum atomic E-state index is 13.1. The van der Waals surface area contributed by atoms with Crippen molar-refractivity contribution >= 4 is 39.8 Å². The molecule has 0 atom stereocenters. The molecule has 0 fully saturated rings. The highest BCUT2D eigenvalue weighted by molar-refractivity contribution is 7.18. The first-order valence-electron chi connectivity index (χ1n) is 11.1. The highest BCUT2D eigenvalue weighted by Crippen LogP contribution is 2.34. The van der Waals surface area contributed by atoms with Gasteiger partial charge in [-0.1, -0.05) is 30.3 Å². The number of esters is 2. The molecule has 4 aromatic rings. The summed E-state index contributed by atoms with van der Waals surface area (Å²) in [6.07, 6.45) is 0. The smallest absolute Gasteiger partial charge is 0.348 e. The number of thiophene rings is 1. The second-order valence-electron chi connectivity index (χ2n) is 7.60. The molecule has 0 saturated carbocycles. The summed E-state index contributed by atoms with van der Waals surface area (Å²) < 4.78 is 11.8. The normalized spacial score (nSPS) is 10.9. The van der Waals surface area contributed by atoms with E-state index in [0.29, 0.717) is 11.2 Å². The van der Waals surface area contributed by atoms with Crippen LogP contribution in [-0.2, 0) is 9.47 Å². The summed E-state index contributed by atoms with van der Waals surface area (Å²) in [5, 5.41) is 7.30. The molecule has 180 valence electrons. The molecule has 0 aliphatic carbocycles. The van der Waals surface area contributed by atoms with Crippen molar-refractivity contribution in [1.29, 1.82) is 0 Å². The monoisotopic (exact) mass is 492 g/mol. The minimum Gasteiger partial charge on any atom is -0.462 e. The average Bonchev–Trinajstić information content (AvgIpc) is 3.41. The Kier molecular flexibility index (Phi) is 6.92. The zero-order chi connectivity index (χ0) is 25.1. The van der Waals surface area contributed by atoms with Gasteiger partial charge in [-0.05, 0) is 39.3 Å². The lowest BCUT2D eigenvalue weighted by Crippen LogP contribution is -2.15. The van der Waals surface area contributed by atoms with Gasteiger partial charge in [-0.15, -0.1) is 11.3 Å². The minimum atomic E-state index is -0.632. The van der Waals surface area contributed by atoms with Gasteiger partial charge in [0.15, 0.2) is 11.3 Å². The molecule has 10 heteroatoms. The molecule has 0 bridgehead atoms. The number of hydrogen-bond acceptors (Lipinski definition) is 8. The molecule has 1 amide bonds. The third-order valence-corrected chi connectivity index (χ3v) is 6.41. The molecule has 0 unspecified atom stereocenters.